The van der Waals surface area contributed by atoms with Crippen molar-refractivity contribution < 1.29 is 14.3 Å². The van der Waals surface area contributed by atoms with Gasteiger partial charge in [0.1, 0.15) is 24.7 Å². The van der Waals surface area contributed by atoms with Gasteiger partial charge in [0, 0.05) is 17.4 Å². The summed E-state index contributed by atoms with van der Waals surface area (Å²) in [4.78, 5) is 17.1. The summed E-state index contributed by atoms with van der Waals surface area (Å²) in [6.07, 6.45) is 7.30. The third-order valence-corrected chi connectivity index (χ3v) is 4.93. The Balaban J connectivity index is 1.97. The molecule has 2 aliphatic heterocycles. The lowest BCUT2D eigenvalue weighted by Gasteiger charge is -2.31. The number of fused-ring (bicyclic) bond motifs is 2. The zero-order chi connectivity index (χ0) is 15.5. The molecule has 3 rings (SSSR count). The minimum absolute atomic E-state index is 0.0658. The highest BCUT2D eigenvalue weighted by atomic mass is 16.5. The van der Waals surface area contributed by atoms with E-state index in [0.717, 1.165) is 54.8 Å². The van der Waals surface area contributed by atoms with E-state index in [9.17, 15) is 4.79 Å². The van der Waals surface area contributed by atoms with E-state index >= 15 is 0 Å². The number of ketones is 1. The molecule has 2 heterocycles. The van der Waals surface area contributed by atoms with Crippen molar-refractivity contribution in [3.8, 4) is 0 Å². The number of Topliss-reactive ketones (excluding diaryl/α,β-unsaturated/α-hetero) is 1. The van der Waals surface area contributed by atoms with Crippen LogP contribution in [-0.2, 0) is 14.3 Å². The molecular weight excluding hydrogens is 278 g/mol. The SMILES string of the molecule is CCC(CC)C1=NC2=C(OC1)C1=CCCCC1C(=O)COC2. The smallest absolute Gasteiger partial charge is 0.166 e. The molecule has 0 saturated heterocycles. The van der Waals surface area contributed by atoms with Crippen molar-refractivity contribution in [1.29, 1.82) is 0 Å². The molecule has 0 aromatic rings. The zero-order valence-electron chi connectivity index (χ0n) is 13.6. The highest BCUT2D eigenvalue weighted by Crippen LogP contribution is 2.36. The molecule has 0 aromatic carbocycles. The van der Waals surface area contributed by atoms with Gasteiger partial charge in [0.2, 0.25) is 0 Å². The number of ether oxygens (including phenoxy) is 2. The van der Waals surface area contributed by atoms with Crippen LogP contribution in [0.1, 0.15) is 46.0 Å². The largest absolute Gasteiger partial charge is 0.485 e. The Labute approximate surface area is 132 Å². The number of carbonyl (C=O) groups excluding carboxylic acids is 1. The number of carbonyl (C=O) groups is 1. The van der Waals surface area contributed by atoms with Crippen molar-refractivity contribution in [3.05, 3.63) is 23.1 Å². The summed E-state index contributed by atoms with van der Waals surface area (Å²) in [5.74, 6) is 1.39. The number of hydrogen-bond acceptors (Lipinski definition) is 4. The molecule has 1 unspecified atom stereocenters. The molecule has 0 spiro atoms. The first-order chi connectivity index (χ1) is 10.7. The quantitative estimate of drug-likeness (QED) is 0.802. The van der Waals surface area contributed by atoms with Crippen LogP contribution in [0.2, 0.25) is 0 Å². The van der Waals surface area contributed by atoms with Crippen LogP contribution in [0.4, 0.5) is 0 Å². The molecular formula is C18H25NO3. The van der Waals surface area contributed by atoms with Gasteiger partial charge in [0.25, 0.3) is 0 Å². The molecule has 0 aromatic heterocycles. The molecule has 1 atom stereocenters. The second-order valence-electron chi connectivity index (χ2n) is 6.28. The molecule has 4 nitrogen and oxygen atoms in total. The van der Waals surface area contributed by atoms with Crippen molar-refractivity contribution >= 4 is 11.5 Å². The third-order valence-electron chi connectivity index (χ3n) is 4.93. The Morgan fingerprint density at radius 2 is 2.09 bits per heavy atom. The number of nitrogens with zero attached hydrogens (tertiary/aromatic N) is 1. The Kier molecular flexibility index (Phi) is 4.77. The second kappa shape index (κ2) is 6.78. The van der Waals surface area contributed by atoms with E-state index in [1.165, 1.54) is 0 Å². The fourth-order valence-corrected chi connectivity index (χ4v) is 3.61. The molecule has 0 bridgehead atoms. The summed E-state index contributed by atoms with van der Waals surface area (Å²) >= 11 is 0. The first-order valence-electron chi connectivity index (χ1n) is 8.48. The molecule has 1 aliphatic carbocycles. The van der Waals surface area contributed by atoms with Crippen LogP contribution in [0.15, 0.2) is 28.1 Å². The maximum atomic E-state index is 12.3. The van der Waals surface area contributed by atoms with Gasteiger partial charge in [-0.15, -0.1) is 0 Å². The second-order valence-corrected chi connectivity index (χ2v) is 6.28. The first-order valence-corrected chi connectivity index (χ1v) is 8.48. The molecule has 0 N–H and O–H groups in total. The van der Waals surface area contributed by atoms with Crippen LogP contribution in [-0.4, -0.2) is 31.3 Å². The summed E-state index contributed by atoms with van der Waals surface area (Å²) in [6, 6.07) is 0. The highest BCUT2D eigenvalue weighted by Gasteiger charge is 2.33. The average Bonchev–Trinajstić information content (AvgIpc) is 2.55. The molecule has 22 heavy (non-hydrogen) atoms. The Morgan fingerprint density at radius 1 is 1.27 bits per heavy atom. The Bertz CT molecular complexity index is 541. The van der Waals surface area contributed by atoms with Crippen LogP contribution >= 0.6 is 0 Å². The van der Waals surface area contributed by atoms with Gasteiger partial charge < -0.3 is 9.47 Å². The number of allylic oxidation sites excluding steroid dienone is 2. The molecule has 0 amide bonds. The van der Waals surface area contributed by atoms with E-state index in [1.807, 2.05) is 0 Å². The average molecular weight is 303 g/mol. The van der Waals surface area contributed by atoms with Gasteiger partial charge in [-0.1, -0.05) is 19.9 Å². The van der Waals surface area contributed by atoms with Crippen LogP contribution < -0.4 is 0 Å². The summed E-state index contributed by atoms with van der Waals surface area (Å²) in [6.45, 7) is 5.48. The lowest BCUT2D eigenvalue weighted by atomic mass is 9.82. The molecule has 0 saturated carbocycles. The lowest BCUT2D eigenvalue weighted by Crippen LogP contribution is -2.32. The van der Waals surface area contributed by atoms with E-state index in [4.69, 9.17) is 14.5 Å². The first kappa shape index (κ1) is 15.5. The van der Waals surface area contributed by atoms with Gasteiger partial charge in [-0.2, -0.15) is 0 Å². The van der Waals surface area contributed by atoms with Crippen molar-refractivity contribution in [2.24, 2.45) is 16.8 Å². The van der Waals surface area contributed by atoms with Crippen molar-refractivity contribution in [2.45, 2.75) is 46.0 Å². The van der Waals surface area contributed by atoms with Crippen LogP contribution in [0.3, 0.4) is 0 Å². The van der Waals surface area contributed by atoms with Crippen LogP contribution in [0.5, 0.6) is 0 Å². The molecule has 4 heteroatoms. The predicted molar refractivity (Wildman–Crippen MR) is 85.7 cm³/mol. The third kappa shape index (κ3) is 2.89. The van der Waals surface area contributed by atoms with E-state index in [2.05, 4.69) is 19.9 Å². The maximum absolute atomic E-state index is 12.3. The summed E-state index contributed by atoms with van der Waals surface area (Å²) in [7, 11) is 0. The topological polar surface area (TPSA) is 47.9 Å². The normalized spacial score (nSPS) is 25.6. The standard InChI is InChI=1S/C18H25NO3/c1-3-12(4-2)15-10-22-18-14-8-6-5-7-13(14)17(20)11-21-9-16(18)19-15/h8,12-13H,3-7,9-11H2,1-2H3. The number of rotatable bonds is 3. The predicted octanol–water partition coefficient (Wildman–Crippen LogP) is 3.43. The van der Waals surface area contributed by atoms with E-state index < -0.39 is 0 Å². The molecule has 3 aliphatic rings. The van der Waals surface area contributed by atoms with Crippen molar-refractivity contribution in [2.75, 3.05) is 19.8 Å². The monoisotopic (exact) mass is 303 g/mol. The Hall–Kier alpha value is -1.42. The van der Waals surface area contributed by atoms with Crippen molar-refractivity contribution in [1.82, 2.24) is 0 Å². The summed E-state index contributed by atoms with van der Waals surface area (Å²) in [5.41, 5.74) is 3.05. The maximum Gasteiger partial charge on any atom is 0.166 e. The lowest BCUT2D eigenvalue weighted by molar-refractivity contribution is -0.126. The zero-order valence-corrected chi connectivity index (χ0v) is 13.6. The van der Waals surface area contributed by atoms with Crippen molar-refractivity contribution in [3.63, 3.8) is 0 Å². The Morgan fingerprint density at radius 3 is 2.86 bits per heavy atom. The minimum Gasteiger partial charge on any atom is -0.485 e. The van der Waals surface area contributed by atoms with Gasteiger partial charge in [0.05, 0.1) is 12.3 Å². The van der Waals surface area contributed by atoms with Gasteiger partial charge in [-0.05, 0) is 32.1 Å². The van der Waals surface area contributed by atoms with Gasteiger partial charge in [-0.3, -0.25) is 9.79 Å². The van der Waals surface area contributed by atoms with Crippen LogP contribution in [0, 0.1) is 11.8 Å². The van der Waals surface area contributed by atoms with E-state index in [1.54, 1.807) is 0 Å². The minimum atomic E-state index is -0.0658. The number of aliphatic imine (C=N–C) groups is 1. The molecule has 0 fully saturated rings. The summed E-state index contributed by atoms with van der Waals surface area (Å²) < 4.78 is 11.7. The summed E-state index contributed by atoms with van der Waals surface area (Å²) in [5, 5.41) is 0. The molecule has 120 valence electrons. The van der Waals surface area contributed by atoms with Gasteiger partial charge >= 0.3 is 0 Å². The van der Waals surface area contributed by atoms with E-state index in [-0.39, 0.29) is 18.3 Å². The van der Waals surface area contributed by atoms with Gasteiger partial charge in [0.15, 0.2) is 5.78 Å². The fraction of sp³-hybridized carbons (Fsp3) is 0.667. The van der Waals surface area contributed by atoms with Gasteiger partial charge in [-0.25, -0.2) is 0 Å². The van der Waals surface area contributed by atoms with E-state index in [0.29, 0.717) is 19.1 Å². The highest BCUT2D eigenvalue weighted by molar-refractivity contribution is 5.90. The number of hydrogen-bond donors (Lipinski definition) is 0. The molecule has 0 radical (unpaired) electrons. The fourth-order valence-electron chi connectivity index (χ4n) is 3.61. The van der Waals surface area contributed by atoms with Crippen LogP contribution in [0.25, 0.3) is 0 Å².